The normalized spacial score (nSPS) is 11.0. The SMILES string of the molecule is CCCCCCCCn1nc(C)c(I)c1C. The van der Waals surface area contributed by atoms with E-state index in [1.165, 1.54) is 53.5 Å². The number of rotatable bonds is 7. The van der Waals surface area contributed by atoms with Gasteiger partial charge in [-0.2, -0.15) is 5.10 Å². The molecule has 0 aliphatic heterocycles. The van der Waals surface area contributed by atoms with Gasteiger partial charge in [0.2, 0.25) is 0 Å². The Labute approximate surface area is 113 Å². The van der Waals surface area contributed by atoms with E-state index in [4.69, 9.17) is 0 Å². The van der Waals surface area contributed by atoms with Crippen molar-refractivity contribution >= 4 is 22.6 Å². The van der Waals surface area contributed by atoms with Crippen molar-refractivity contribution < 1.29 is 0 Å². The largest absolute Gasteiger partial charge is 0.269 e. The van der Waals surface area contributed by atoms with Crippen LogP contribution in [0.3, 0.4) is 0 Å². The fraction of sp³-hybridized carbons (Fsp3) is 0.769. The molecule has 0 aromatic carbocycles. The van der Waals surface area contributed by atoms with Gasteiger partial charge in [0.1, 0.15) is 0 Å². The minimum Gasteiger partial charge on any atom is -0.269 e. The van der Waals surface area contributed by atoms with Crippen molar-refractivity contribution in [3.8, 4) is 0 Å². The molecule has 0 radical (unpaired) electrons. The van der Waals surface area contributed by atoms with Gasteiger partial charge in [-0.05, 0) is 42.9 Å². The molecule has 1 heterocycles. The number of hydrogen-bond acceptors (Lipinski definition) is 1. The number of aromatic nitrogens is 2. The van der Waals surface area contributed by atoms with Crippen LogP contribution in [0.5, 0.6) is 0 Å². The highest BCUT2D eigenvalue weighted by Crippen LogP contribution is 2.16. The highest BCUT2D eigenvalue weighted by atomic mass is 127. The topological polar surface area (TPSA) is 17.8 Å². The average molecular weight is 334 g/mol. The van der Waals surface area contributed by atoms with E-state index in [0.29, 0.717) is 0 Å². The second-order valence-corrected chi connectivity index (χ2v) is 5.55. The van der Waals surface area contributed by atoms with Crippen LogP contribution < -0.4 is 0 Å². The lowest BCUT2D eigenvalue weighted by molar-refractivity contribution is 0.518. The molecule has 0 atom stereocenters. The van der Waals surface area contributed by atoms with Gasteiger partial charge in [-0.25, -0.2) is 0 Å². The van der Waals surface area contributed by atoms with Gasteiger partial charge in [-0.3, -0.25) is 4.68 Å². The molecule has 0 N–H and O–H groups in total. The standard InChI is InChI=1S/C13H23IN2/c1-4-5-6-7-8-9-10-16-12(3)13(14)11(2)15-16/h4-10H2,1-3H3. The van der Waals surface area contributed by atoms with E-state index in [2.05, 4.69) is 53.1 Å². The molecule has 1 aromatic heterocycles. The fourth-order valence-corrected chi connectivity index (χ4v) is 2.32. The van der Waals surface area contributed by atoms with Crippen molar-refractivity contribution in [2.24, 2.45) is 0 Å². The Morgan fingerprint density at radius 3 is 2.25 bits per heavy atom. The molecule has 92 valence electrons. The van der Waals surface area contributed by atoms with Crippen LogP contribution in [0.15, 0.2) is 0 Å². The van der Waals surface area contributed by atoms with Crippen LogP contribution in [0.4, 0.5) is 0 Å². The van der Waals surface area contributed by atoms with Gasteiger partial charge in [0.05, 0.1) is 9.26 Å². The van der Waals surface area contributed by atoms with E-state index < -0.39 is 0 Å². The van der Waals surface area contributed by atoms with E-state index in [9.17, 15) is 0 Å². The first-order valence-electron chi connectivity index (χ1n) is 6.36. The summed E-state index contributed by atoms with van der Waals surface area (Å²) in [5.41, 5.74) is 2.50. The molecule has 0 saturated heterocycles. The second kappa shape index (κ2) is 7.30. The fourth-order valence-electron chi connectivity index (χ4n) is 1.93. The Morgan fingerprint density at radius 1 is 1.06 bits per heavy atom. The molecule has 2 nitrogen and oxygen atoms in total. The summed E-state index contributed by atoms with van der Waals surface area (Å²) < 4.78 is 3.49. The van der Waals surface area contributed by atoms with Gasteiger partial charge in [0.15, 0.2) is 0 Å². The Kier molecular flexibility index (Phi) is 6.39. The van der Waals surface area contributed by atoms with Crippen LogP contribution in [-0.4, -0.2) is 9.78 Å². The summed E-state index contributed by atoms with van der Waals surface area (Å²) in [6, 6.07) is 0. The average Bonchev–Trinajstić information content (AvgIpc) is 2.51. The number of unbranched alkanes of at least 4 members (excludes halogenated alkanes) is 5. The van der Waals surface area contributed by atoms with Crippen LogP contribution in [0, 0.1) is 17.4 Å². The van der Waals surface area contributed by atoms with Crippen LogP contribution >= 0.6 is 22.6 Å². The van der Waals surface area contributed by atoms with Crippen molar-refractivity contribution in [3.63, 3.8) is 0 Å². The van der Waals surface area contributed by atoms with Gasteiger partial charge < -0.3 is 0 Å². The molecule has 0 amide bonds. The zero-order chi connectivity index (χ0) is 12.0. The van der Waals surface area contributed by atoms with Crippen LogP contribution in [0.2, 0.25) is 0 Å². The summed E-state index contributed by atoms with van der Waals surface area (Å²) >= 11 is 2.39. The van der Waals surface area contributed by atoms with Crippen LogP contribution in [0.25, 0.3) is 0 Å². The van der Waals surface area contributed by atoms with Crippen molar-refractivity contribution in [2.75, 3.05) is 0 Å². The summed E-state index contributed by atoms with van der Waals surface area (Å²) in [6.45, 7) is 7.60. The molecule has 16 heavy (non-hydrogen) atoms. The van der Waals surface area contributed by atoms with Crippen molar-refractivity contribution in [1.82, 2.24) is 9.78 Å². The van der Waals surface area contributed by atoms with Gasteiger partial charge >= 0.3 is 0 Å². The number of hydrogen-bond donors (Lipinski definition) is 0. The first-order valence-corrected chi connectivity index (χ1v) is 7.44. The number of aryl methyl sites for hydroxylation is 2. The van der Waals surface area contributed by atoms with Crippen molar-refractivity contribution in [3.05, 3.63) is 15.0 Å². The highest BCUT2D eigenvalue weighted by molar-refractivity contribution is 14.1. The first-order chi connectivity index (χ1) is 7.66. The third-order valence-electron chi connectivity index (χ3n) is 3.02. The van der Waals surface area contributed by atoms with Gasteiger partial charge in [0, 0.05) is 12.2 Å². The van der Waals surface area contributed by atoms with E-state index >= 15 is 0 Å². The van der Waals surface area contributed by atoms with Crippen molar-refractivity contribution in [2.45, 2.75) is 65.8 Å². The third kappa shape index (κ3) is 4.07. The summed E-state index contributed by atoms with van der Waals surface area (Å²) in [5, 5.41) is 4.55. The zero-order valence-electron chi connectivity index (χ0n) is 10.7. The lowest BCUT2D eigenvalue weighted by Crippen LogP contribution is -2.02. The second-order valence-electron chi connectivity index (χ2n) is 4.48. The van der Waals surface area contributed by atoms with E-state index in [-0.39, 0.29) is 0 Å². The smallest absolute Gasteiger partial charge is 0.0729 e. The Bertz CT molecular complexity index is 318. The van der Waals surface area contributed by atoms with Crippen LogP contribution in [-0.2, 0) is 6.54 Å². The Hall–Kier alpha value is -0.0600. The third-order valence-corrected chi connectivity index (χ3v) is 4.58. The predicted octanol–water partition coefficient (Wildman–Crippen LogP) is 4.47. The maximum absolute atomic E-state index is 4.55. The molecule has 0 unspecified atom stereocenters. The van der Waals surface area contributed by atoms with Gasteiger partial charge in [-0.1, -0.05) is 39.0 Å². The molecule has 3 heteroatoms. The monoisotopic (exact) mass is 334 g/mol. The van der Waals surface area contributed by atoms with E-state index in [1.54, 1.807) is 0 Å². The molecule has 0 bridgehead atoms. The van der Waals surface area contributed by atoms with Crippen molar-refractivity contribution in [1.29, 1.82) is 0 Å². The predicted molar refractivity (Wildman–Crippen MR) is 77.8 cm³/mol. The molecule has 1 aromatic rings. The minimum absolute atomic E-state index is 1.09. The Morgan fingerprint density at radius 2 is 1.69 bits per heavy atom. The molecule has 0 saturated carbocycles. The highest BCUT2D eigenvalue weighted by Gasteiger charge is 2.07. The summed E-state index contributed by atoms with van der Waals surface area (Å²) in [7, 11) is 0. The summed E-state index contributed by atoms with van der Waals surface area (Å²) in [6.07, 6.45) is 8.10. The lowest BCUT2D eigenvalue weighted by Gasteiger charge is -2.04. The quantitative estimate of drug-likeness (QED) is 0.532. The molecular formula is C13H23IN2. The molecule has 1 rings (SSSR count). The molecule has 0 spiro atoms. The number of nitrogens with zero attached hydrogens (tertiary/aromatic N) is 2. The van der Waals surface area contributed by atoms with Crippen LogP contribution in [0.1, 0.15) is 56.8 Å². The Balaban J connectivity index is 2.24. The van der Waals surface area contributed by atoms with E-state index in [1.807, 2.05) is 0 Å². The first kappa shape index (κ1) is 14.0. The molecule has 0 aliphatic carbocycles. The summed E-state index contributed by atoms with van der Waals surface area (Å²) in [4.78, 5) is 0. The molecular weight excluding hydrogens is 311 g/mol. The zero-order valence-corrected chi connectivity index (χ0v) is 12.9. The lowest BCUT2D eigenvalue weighted by atomic mass is 10.1. The van der Waals surface area contributed by atoms with Gasteiger partial charge in [-0.15, -0.1) is 0 Å². The van der Waals surface area contributed by atoms with Gasteiger partial charge in [0.25, 0.3) is 0 Å². The summed E-state index contributed by atoms with van der Waals surface area (Å²) in [5.74, 6) is 0. The molecule has 0 aliphatic rings. The minimum atomic E-state index is 1.09. The number of halogens is 1. The maximum atomic E-state index is 4.55. The maximum Gasteiger partial charge on any atom is 0.0729 e. The molecule has 0 fully saturated rings. The van der Waals surface area contributed by atoms with E-state index in [0.717, 1.165) is 6.54 Å².